The second kappa shape index (κ2) is 5.41. The van der Waals surface area contributed by atoms with Crippen LogP contribution in [0, 0.1) is 5.82 Å². The van der Waals surface area contributed by atoms with Crippen LogP contribution in [0.2, 0.25) is 0 Å². The van der Waals surface area contributed by atoms with Crippen molar-refractivity contribution >= 4 is 21.7 Å². The van der Waals surface area contributed by atoms with Crippen molar-refractivity contribution < 1.29 is 9.13 Å². The Morgan fingerprint density at radius 3 is 2.83 bits per heavy atom. The Morgan fingerprint density at radius 2 is 2.11 bits per heavy atom. The van der Waals surface area contributed by atoms with Crippen LogP contribution in [0.3, 0.4) is 0 Å². The minimum atomic E-state index is -0.354. The number of benzene rings is 1. The van der Waals surface area contributed by atoms with Crippen LogP contribution in [0.15, 0.2) is 28.7 Å². The third-order valence-corrected chi connectivity index (χ3v) is 2.95. The lowest BCUT2D eigenvalue weighted by atomic mass is 10.2. The molecule has 0 fully saturated rings. The Morgan fingerprint density at radius 1 is 1.33 bits per heavy atom. The van der Waals surface area contributed by atoms with E-state index in [1.165, 1.54) is 12.1 Å². The molecule has 0 amide bonds. The number of halogens is 2. The van der Waals surface area contributed by atoms with E-state index in [9.17, 15) is 4.39 Å². The van der Waals surface area contributed by atoms with Gasteiger partial charge in [0.05, 0.1) is 12.3 Å². The van der Waals surface area contributed by atoms with Gasteiger partial charge in [0.15, 0.2) is 5.82 Å². The van der Waals surface area contributed by atoms with Crippen molar-refractivity contribution in [3.05, 3.63) is 40.2 Å². The Bertz CT molecular complexity index is 577. The fourth-order valence-electron chi connectivity index (χ4n) is 1.53. The van der Waals surface area contributed by atoms with Crippen LogP contribution in [-0.4, -0.2) is 17.1 Å². The van der Waals surface area contributed by atoms with E-state index in [0.717, 1.165) is 0 Å². The standard InChI is InChI=1S/C12H11BrFN3O/c1-18-6-8-5-11(15)17-12(16-8)9-4-7(14)2-3-10(9)13/h2-5H,6H2,1H3,(H2,15,16,17). The van der Waals surface area contributed by atoms with E-state index in [1.54, 1.807) is 19.2 Å². The van der Waals surface area contributed by atoms with Gasteiger partial charge < -0.3 is 10.5 Å². The third kappa shape index (κ3) is 2.83. The summed E-state index contributed by atoms with van der Waals surface area (Å²) in [5.74, 6) is 0.337. The molecule has 2 rings (SSSR count). The maximum atomic E-state index is 13.2. The molecule has 0 radical (unpaired) electrons. The number of rotatable bonds is 3. The molecular weight excluding hydrogens is 301 g/mol. The highest BCUT2D eigenvalue weighted by molar-refractivity contribution is 9.10. The molecule has 6 heteroatoms. The first-order valence-electron chi connectivity index (χ1n) is 5.18. The molecule has 0 aliphatic carbocycles. The highest BCUT2D eigenvalue weighted by Gasteiger charge is 2.10. The molecule has 0 aliphatic rings. The first-order chi connectivity index (χ1) is 8.60. The Hall–Kier alpha value is -1.53. The van der Waals surface area contributed by atoms with Crippen molar-refractivity contribution in [3.8, 4) is 11.4 Å². The molecule has 4 nitrogen and oxygen atoms in total. The van der Waals surface area contributed by atoms with Gasteiger partial charge in [-0.2, -0.15) is 0 Å². The van der Waals surface area contributed by atoms with Crippen molar-refractivity contribution in [1.29, 1.82) is 0 Å². The maximum absolute atomic E-state index is 13.2. The number of nitrogen functional groups attached to an aromatic ring is 1. The second-order valence-corrected chi connectivity index (χ2v) is 4.52. The first-order valence-corrected chi connectivity index (χ1v) is 5.97. The predicted octanol–water partition coefficient (Wildman–Crippen LogP) is 2.77. The van der Waals surface area contributed by atoms with Crippen LogP contribution in [-0.2, 0) is 11.3 Å². The predicted molar refractivity (Wildman–Crippen MR) is 70.3 cm³/mol. The number of aromatic nitrogens is 2. The lowest BCUT2D eigenvalue weighted by molar-refractivity contribution is 0.181. The van der Waals surface area contributed by atoms with Gasteiger partial charge in [0, 0.05) is 23.2 Å². The van der Waals surface area contributed by atoms with Gasteiger partial charge in [0.2, 0.25) is 0 Å². The summed E-state index contributed by atoms with van der Waals surface area (Å²) < 4.78 is 19.0. The molecule has 0 atom stereocenters. The van der Waals surface area contributed by atoms with Gasteiger partial charge in [0.25, 0.3) is 0 Å². The van der Waals surface area contributed by atoms with E-state index in [4.69, 9.17) is 10.5 Å². The number of ether oxygens (including phenoxy) is 1. The van der Waals surface area contributed by atoms with Gasteiger partial charge in [-0.15, -0.1) is 0 Å². The van der Waals surface area contributed by atoms with E-state index < -0.39 is 0 Å². The second-order valence-electron chi connectivity index (χ2n) is 3.66. The Kier molecular flexibility index (Phi) is 3.88. The van der Waals surface area contributed by atoms with E-state index in [0.29, 0.717) is 34.0 Å². The lowest BCUT2D eigenvalue weighted by Gasteiger charge is -2.07. The molecule has 2 aromatic rings. The van der Waals surface area contributed by atoms with Gasteiger partial charge in [-0.05, 0) is 18.2 Å². The van der Waals surface area contributed by atoms with Crippen molar-refractivity contribution in [2.24, 2.45) is 0 Å². The molecule has 1 aromatic heterocycles. The summed E-state index contributed by atoms with van der Waals surface area (Å²) in [4.78, 5) is 8.39. The van der Waals surface area contributed by atoms with Gasteiger partial charge in [-0.25, -0.2) is 14.4 Å². The highest BCUT2D eigenvalue weighted by Crippen LogP contribution is 2.27. The average Bonchev–Trinajstić information content (AvgIpc) is 2.32. The number of hydrogen-bond donors (Lipinski definition) is 1. The Labute approximate surface area is 112 Å². The summed E-state index contributed by atoms with van der Waals surface area (Å²) in [6, 6.07) is 5.94. The van der Waals surface area contributed by atoms with E-state index >= 15 is 0 Å². The van der Waals surface area contributed by atoms with Crippen LogP contribution in [0.5, 0.6) is 0 Å². The molecule has 0 saturated heterocycles. The molecule has 0 aliphatic heterocycles. The highest BCUT2D eigenvalue weighted by atomic mass is 79.9. The molecule has 0 saturated carbocycles. The van der Waals surface area contributed by atoms with Gasteiger partial charge in [0.1, 0.15) is 11.6 Å². The summed E-state index contributed by atoms with van der Waals surface area (Å²) in [7, 11) is 1.57. The number of nitrogens with zero attached hydrogens (tertiary/aromatic N) is 2. The number of hydrogen-bond acceptors (Lipinski definition) is 4. The van der Waals surface area contributed by atoms with Crippen molar-refractivity contribution in [2.75, 3.05) is 12.8 Å². The summed E-state index contributed by atoms with van der Waals surface area (Å²) in [5.41, 5.74) is 6.90. The van der Waals surface area contributed by atoms with Gasteiger partial charge >= 0.3 is 0 Å². The molecule has 0 spiro atoms. The van der Waals surface area contributed by atoms with Crippen molar-refractivity contribution in [1.82, 2.24) is 9.97 Å². The van der Waals surface area contributed by atoms with Crippen LogP contribution in [0.1, 0.15) is 5.69 Å². The topological polar surface area (TPSA) is 61.0 Å². The molecular formula is C12H11BrFN3O. The third-order valence-electron chi connectivity index (χ3n) is 2.26. The fraction of sp³-hybridized carbons (Fsp3) is 0.167. The van der Waals surface area contributed by atoms with E-state index in [-0.39, 0.29) is 5.82 Å². The zero-order valence-electron chi connectivity index (χ0n) is 9.65. The largest absolute Gasteiger partial charge is 0.384 e. The molecule has 2 N–H and O–H groups in total. The molecule has 1 heterocycles. The number of methoxy groups -OCH3 is 1. The maximum Gasteiger partial charge on any atom is 0.163 e. The molecule has 1 aromatic carbocycles. The van der Waals surface area contributed by atoms with Gasteiger partial charge in [-0.1, -0.05) is 15.9 Å². The molecule has 18 heavy (non-hydrogen) atoms. The quantitative estimate of drug-likeness (QED) is 0.947. The zero-order chi connectivity index (χ0) is 13.1. The van der Waals surface area contributed by atoms with Crippen LogP contribution in [0.4, 0.5) is 10.2 Å². The monoisotopic (exact) mass is 311 g/mol. The SMILES string of the molecule is COCc1cc(N)nc(-c2cc(F)ccc2Br)n1. The lowest BCUT2D eigenvalue weighted by Crippen LogP contribution is -2.01. The van der Waals surface area contributed by atoms with Crippen LogP contribution >= 0.6 is 15.9 Å². The summed E-state index contributed by atoms with van der Waals surface area (Å²) in [5, 5.41) is 0. The summed E-state index contributed by atoms with van der Waals surface area (Å²) >= 11 is 3.34. The van der Waals surface area contributed by atoms with Crippen LogP contribution < -0.4 is 5.73 Å². The molecule has 94 valence electrons. The van der Waals surface area contributed by atoms with Crippen LogP contribution in [0.25, 0.3) is 11.4 Å². The average molecular weight is 312 g/mol. The fourth-order valence-corrected chi connectivity index (χ4v) is 1.95. The minimum absolute atomic E-state index is 0.322. The zero-order valence-corrected chi connectivity index (χ0v) is 11.2. The normalized spacial score (nSPS) is 10.6. The molecule has 0 unspecified atom stereocenters. The van der Waals surface area contributed by atoms with Crippen molar-refractivity contribution in [3.63, 3.8) is 0 Å². The summed E-state index contributed by atoms with van der Waals surface area (Å²) in [6.45, 7) is 0.326. The van der Waals surface area contributed by atoms with Gasteiger partial charge in [-0.3, -0.25) is 0 Å². The summed E-state index contributed by atoms with van der Waals surface area (Å²) in [6.07, 6.45) is 0. The van der Waals surface area contributed by atoms with Crippen molar-refractivity contribution in [2.45, 2.75) is 6.61 Å². The minimum Gasteiger partial charge on any atom is -0.384 e. The van der Waals surface area contributed by atoms with E-state index in [1.807, 2.05) is 0 Å². The molecule has 0 bridgehead atoms. The number of anilines is 1. The Balaban J connectivity index is 2.52. The van der Waals surface area contributed by atoms with E-state index in [2.05, 4.69) is 25.9 Å². The smallest absolute Gasteiger partial charge is 0.163 e. The first kappa shape index (κ1) is 12.9. The number of nitrogens with two attached hydrogens (primary N) is 1.